The molecule has 0 aromatic heterocycles. The van der Waals surface area contributed by atoms with Crippen LogP contribution in [0.3, 0.4) is 0 Å². The number of likely N-dealkylation sites (N-methyl/N-ethyl adjacent to an activating group) is 1. The molecule has 1 fully saturated rings. The van der Waals surface area contributed by atoms with Crippen LogP contribution in [0.1, 0.15) is 52.4 Å². The summed E-state index contributed by atoms with van der Waals surface area (Å²) in [6.07, 6.45) is 6.63. The van der Waals surface area contributed by atoms with Gasteiger partial charge in [0.05, 0.1) is 12.7 Å². The zero-order valence-corrected chi connectivity index (χ0v) is 14.2. The molecule has 21 heavy (non-hydrogen) atoms. The Morgan fingerprint density at radius 3 is 2.67 bits per heavy atom. The third-order valence-electron chi connectivity index (χ3n) is 4.34. The monoisotopic (exact) mass is 295 g/mol. The minimum absolute atomic E-state index is 0.334. The first-order valence-electron chi connectivity index (χ1n) is 8.58. The van der Waals surface area contributed by atoms with E-state index >= 15 is 0 Å². The molecule has 0 aliphatic heterocycles. The number of nitrogens with one attached hydrogen (secondary N) is 1. The molecular formula is C17H33N3O. The summed E-state index contributed by atoms with van der Waals surface area (Å²) in [5.74, 6) is 0.848. The van der Waals surface area contributed by atoms with Gasteiger partial charge < -0.3 is 9.64 Å². The van der Waals surface area contributed by atoms with Crippen molar-refractivity contribution in [2.24, 2.45) is 5.92 Å². The lowest BCUT2D eigenvalue weighted by molar-refractivity contribution is 0.102. The molecule has 0 aromatic rings. The van der Waals surface area contributed by atoms with Crippen LogP contribution in [0, 0.1) is 17.2 Å². The van der Waals surface area contributed by atoms with Gasteiger partial charge in [0.1, 0.15) is 5.54 Å². The van der Waals surface area contributed by atoms with Crippen LogP contribution in [0.4, 0.5) is 0 Å². The zero-order valence-electron chi connectivity index (χ0n) is 14.2. The zero-order chi connectivity index (χ0) is 15.6. The van der Waals surface area contributed by atoms with Gasteiger partial charge in [-0.15, -0.1) is 0 Å². The van der Waals surface area contributed by atoms with Crippen molar-refractivity contribution >= 4 is 0 Å². The first-order chi connectivity index (χ1) is 10.2. The molecule has 0 radical (unpaired) electrons. The molecule has 1 aliphatic carbocycles. The third-order valence-corrected chi connectivity index (χ3v) is 4.34. The van der Waals surface area contributed by atoms with Crippen molar-refractivity contribution in [2.75, 3.05) is 39.9 Å². The van der Waals surface area contributed by atoms with E-state index in [0.717, 1.165) is 64.4 Å². The van der Waals surface area contributed by atoms with Gasteiger partial charge in [-0.1, -0.05) is 13.8 Å². The number of hydrogen-bond acceptors (Lipinski definition) is 4. The molecule has 0 bridgehead atoms. The van der Waals surface area contributed by atoms with E-state index in [1.807, 2.05) is 0 Å². The standard InChI is InChI=1S/C17H33N3O/c1-4-10-19-17(5-2,15-18)9-6-11-20(3)12-13-21-14-16-7-8-16/h16,19H,4-14H2,1-3H3. The van der Waals surface area contributed by atoms with Crippen molar-refractivity contribution < 1.29 is 4.74 Å². The topological polar surface area (TPSA) is 48.3 Å². The molecule has 0 heterocycles. The molecule has 0 spiro atoms. The van der Waals surface area contributed by atoms with Crippen LogP contribution < -0.4 is 5.32 Å². The molecular weight excluding hydrogens is 262 g/mol. The summed E-state index contributed by atoms with van der Waals surface area (Å²) in [4.78, 5) is 2.31. The lowest BCUT2D eigenvalue weighted by atomic mass is 9.91. The summed E-state index contributed by atoms with van der Waals surface area (Å²) in [6, 6.07) is 2.49. The van der Waals surface area contributed by atoms with Gasteiger partial charge in [-0.05, 0) is 64.6 Å². The first kappa shape index (κ1) is 18.4. The Balaban J connectivity index is 2.11. The Bertz CT molecular complexity index is 312. The average molecular weight is 295 g/mol. The van der Waals surface area contributed by atoms with E-state index in [4.69, 9.17) is 4.74 Å². The summed E-state index contributed by atoms with van der Waals surface area (Å²) in [6.45, 7) is 8.96. The summed E-state index contributed by atoms with van der Waals surface area (Å²) in [5.41, 5.74) is -0.334. The molecule has 122 valence electrons. The van der Waals surface area contributed by atoms with E-state index in [9.17, 15) is 5.26 Å². The van der Waals surface area contributed by atoms with Gasteiger partial charge in [0, 0.05) is 13.2 Å². The number of ether oxygens (including phenoxy) is 1. The van der Waals surface area contributed by atoms with E-state index in [1.165, 1.54) is 12.8 Å². The highest BCUT2D eigenvalue weighted by Crippen LogP contribution is 2.28. The van der Waals surface area contributed by atoms with Gasteiger partial charge >= 0.3 is 0 Å². The predicted molar refractivity (Wildman–Crippen MR) is 87.2 cm³/mol. The third kappa shape index (κ3) is 7.80. The second-order valence-electron chi connectivity index (χ2n) is 6.40. The molecule has 0 aromatic carbocycles. The lowest BCUT2D eigenvalue weighted by Gasteiger charge is -2.27. The maximum Gasteiger partial charge on any atom is 0.106 e. The minimum Gasteiger partial charge on any atom is -0.380 e. The summed E-state index contributed by atoms with van der Waals surface area (Å²) >= 11 is 0. The van der Waals surface area contributed by atoms with Crippen LogP contribution in [0.25, 0.3) is 0 Å². The van der Waals surface area contributed by atoms with Crippen molar-refractivity contribution in [3.05, 3.63) is 0 Å². The van der Waals surface area contributed by atoms with Crippen LogP contribution in [-0.4, -0.2) is 50.3 Å². The van der Waals surface area contributed by atoms with Gasteiger partial charge in [0.25, 0.3) is 0 Å². The highest BCUT2D eigenvalue weighted by Gasteiger charge is 2.26. The van der Waals surface area contributed by atoms with Crippen LogP contribution in [-0.2, 0) is 4.74 Å². The highest BCUT2D eigenvalue weighted by molar-refractivity contribution is 5.06. The lowest BCUT2D eigenvalue weighted by Crippen LogP contribution is -2.44. The molecule has 1 N–H and O–H groups in total. The minimum atomic E-state index is -0.334. The fourth-order valence-corrected chi connectivity index (χ4v) is 2.45. The molecule has 1 unspecified atom stereocenters. The Labute approximate surface area is 130 Å². The number of nitriles is 1. The highest BCUT2D eigenvalue weighted by atomic mass is 16.5. The van der Waals surface area contributed by atoms with Gasteiger partial charge in [-0.3, -0.25) is 5.32 Å². The SMILES string of the molecule is CCCNC(C#N)(CC)CCCN(C)CCOCC1CC1. The molecule has 1 atom stereocenters. The van der Waals surface area contributed by atoms with Crippen LogP contribution in [0.5, 0.6) is 0 Å². The van der Waals surface area contributed by atoms with Crippen molar-refractivity contribution in [3.63, 3.8) is 0 Å². The molecule has 0 amide bonds. The van der Waals surface area contributed by atoms with Crippen molar-refractivity contribution in [3.8, 4) is 6.07 Å². The number of rotatable bonds is 13. The second-order valence-corrected chi connectivity index (χ2v) is 6.40. The van der Waals surface area contributed by atoms with Gasteiger partial charge in [-0.25, -0.2) is 0 Å². The van der Waals surface area contributed by atoms with Gasteiger partial charge in [0.15, 0.2) is 0 Å². The average Bonchev–Trinajstić information content (AvgIpc) is 3.32. The molecule has 1 aliphatic rings. The molecule has 1 rings (SSSR count). The summed E-state index contributed by atoms with van der Waals surface area (Å²) < 4.78 is 5.66. The predicted octanol–water partition coefficient (Wildman–Crippen LogP) is 2.80. The fraction of sp³-hybridized carbons (Fsp3) is 0.941. The Morgan fingerprint density at radius 1 is 1.33 bits per heavy atom. The summed E-state index contributed by atoms with van der Waals surface area (Å²) in [7, 11) is 2.14. The molecule has 4 nitrogen and oxygen atoms in total. The van der Waals surface area contributed by atoms with Crippen LogP contribution >= 0.6 is 0 Å². The van der Waals surface area contributed by atoms with Crippen LogP contribution in [0.2, 0.25) is 0 Å². The smallest absolute Gasteiger partial charge is 0.106 e. The van der Waals surface area contributed by atoms with E-state index in [1.54, 1.807) is 0 Å². The normalized spacial score (nSPS) is 17.7. The number of nitrogens with zero attached hydrogens (tertiary/aromatic N) is 2. The first-order valence-corrected chi connectivity index (χ1v) is 8.58. The summed E-state index contributed by atoms with van der Waals surface area (Å²) in [5, 5.41) is 12.9. The van der Waals surface area contributed by atoms with Crippen molar-refractivity contribution in [1.82, 2.24) is 10.2 Å². The maximum atomic E-state index is 9.45. The van der Waals surface area contributed by atoms with Crippen molar-refractivity contribution in [2.45, 2.75) is 57.9 Å². The number of hydrogen-bond donors (Lipinski definition) is 1. The van der Waals surface area contributed by atoms with E-state index in [0.29, 0.717) is 0 Å². The van der Waals surface area contributed by atoms with E-state index in [-0.39, 0.29) is 5.54 Å². The Morgan fingerprint density at radius 2 is 2.10 bits per heavy atom. The van der Waals surface area contributed by atoms with Gasteiger partial charge in [-0.2, -0.15) is 5.26 Å². The Kier molecular flexibility index (Phi) is 8.91. The van der Waals surface area contributed by atoms with E-state index in [2.05, 4.69) is 37.2 Å². The van der Waals surface area contributed by atoms with Gasteiger partial charge in [0.2, 0.25) is 0 Å². The quantitative estimate of drug-likeness (QED) is 0.531. The largest absolute Gasteiger partial charge is 0.380 e. The molecule has 4 heteroatoms. The Hall–Kier alpha value is -0.630. The second kappa shape index (κ2) is 10.2. The molecule has 0 saturated heterocycles. The van der Waals surface area contributed by atoms with Crippen molar-refractivity contribution in [1.29, 1.82) is 5.26 Å². The maximum absolute atomic E-state index is 9.45. The molecule has 1 saturated carbocycles. The van der Waals surface area contributed by atoms with E-state index < -0.39 is 0 Å². The fourth-order valence-electron chi connectivity index (χ4n) is 2.45. The van der Waals surface area contributed by atoms with Crippen LogP contribution in [0.15, 0.2) is 0 Å².